The van der Waals surface area contributed by atoms with Crippen molar-refractivity contribution in [3.63, 3.8) is 0 Å². The van der Waals surface area contributed by atoms with E-state index < -0.39 is 0 Å². The first-order valence-electron chi connectivity index (χ1n) is 9.18. The van der Waals surface area contributed by atoms with Crippen molar-refractivity contribution in [2.75, 3.05) is 19.5 Å². The third-order valence-electron chi connectivity index (χ3n) is 4.16. The van der Waals surface area contributed by atoms with E-state index in [2.05, 4.69) is 0 Å². The van der Waals surface area contributed by atoms with Gasteiger partial charge in [0.15, 0.2) is 12.4 Å². The zero-order valence-corrected chi connectivity index (χ0v) is 17.6. The third-order valence-corrected chi connectivity index (χ3v) is 4.90. The first-order valence-corrected chi connectivity index (χ1v) is 10.4. The first kappa shape index (κ1) is 21.8. The molecule has 0 aliphatic heterocycles. The molecule has 0 saturated carbocycles. The first-order chi connectivity index (χ1) is 13.4. The maximum Gasteiger partial charge on any atom is 0.344 e. The topological polar surface area (TPSA) is 52.6 Å². The van der Waals surface area contributed by atoms with Gasteiger partial charge in [0.25, 0.3) is 0 Å². The molecule has 0 aliphatic carbocycles. The van der Waals surface area contributed by atoms with Gasteiger partial charge in [-0.15, -0.1) is 11.8 Å². The number of aryl methyl sites for hydroxylation is 2. The Kier molecular flexibility index (Phi) is 8.33. The molecule has 0 spiro atoms. The van der Waals surface area contributed by atoms with Crippen molar-refractivity contribution in [3.05, 3.63) is 70.8 Å². The van der Waals surface area contributed by atoms with E-state index in [0.29, 0.717) is 24.3 Å². The van der Waals surface area contributed by atoms with Crippen LogP contribution in [0.25, 0.3) is 0 Å². The van der Waals surface area contributed by atoms with Crippen molar-refractivity contribution >= 4 is 23.5 Å². The second-order valence-electron chi connectivity index (χ2n) is 6.35. The van der Waals surface area contributed by atoms with Gasteiger partial charge in [0.05, 0.1) is 6.61 Å². The Labute approximate surface area is 170 Å². The van der Waals surface area contributed by atoms with Crippen molar-refractivity contribution in [2.45, 2.75) is 32.1 Å². The fourth-order valence-corrected chi connectivity index (χ4v) is 3.28. The Bertz CT molecular complexity index is 830. The summed E-state index contributed by atoms with van der Waals surface area (Å²) in [4.78, 5) is 24.9. The fourth-order valence-electron chi connectivity index (χ4n) is 2.87. The number of hydrogen-bond donors (Lipinski definition) is 0. The molecule has 0 atom stereocenters. The summed E-state index contributed by atoms with van der Waals surface area (Å²) in [6.07, 6.45) is 6.14. The molecule has 0 N–H and O–H groups in total. The van der Waals surface area contributed by atoms with Crippen molar-refractivity contribution in [3.8, 4) is 5.75 Å². The fraction of sp³-hybridized carbons (Fsp3) is 0.304. The molecule has 0 saturated heterocycles. The van der Waals surface area contributed by atoms with Gasteiger partial charge in [0.1, 0.15) is 5.75 Å². The van der Waals surface area contributed by atoms with Crippen LogP contribution in [0.1, 0.15) is 34.0 Å². The number of thioether (sulfide) groups is 1. The Morgan fingerprint density at radius 3 is 2.29 bits per heavy atom. The molecular formula is C23H26O4S. The van der Waals surface area contributed by atoms with Crippen LogP contribution in [0.3, 0.4) is 0 Å². The smallest absolute Gasteiger partial charge is 0.344 e. The number of benzene rings is 2. The molecule has 0 bridgehead atoms. The van der Waals surface area contributed by atoms with Gasteiger partial charge in [-0.3, -0.25) is 4.79 Å². The van der Waals surface area contributed by atoms with Gasteiger partial charge in [-0.1, -0.05) is 18.2 Å². The Hall–Kier alpha value is -2.53. The van der Waals surface area contributed by atoms with Crippen LogP contribution in [0, 0.1) is 13.8 Å². The van der Waals surface area contributed by atoms with Crippen molar-refractivity contribution in [2.24, 2.45) is 0 Å². The van der Waals surface area contributed by atoms with Crippen LogP contribution in [-0.4, -0.2) is 31.2 Å². The monoisotopic (exact) mass is 398 g/mol. The molecule has 0 radical (unpaired) electrons. The Morgan fingerprint density at radius 1 is 1.07 bits per heavy atom. The van der Waals surface area contributed by atoms with E-state index in [-0.39, 0.29) is 18.4 Å². The van der Waals surface area contributed by atoms with Gasteiger partial charge in [-0.05, 0) is 80.5 Å². The number of rotatable bonds is 9. The highest BCUT2D eigenvalue weighted by atomic mass is 32.2. The van der Waals surface area contributed by atoms with E-state index in [1.807, 2.05) is 62.6 Å². The zero-order valence-electron chi connectivity index (χ0n) is 16.8. The second kappa shape index (κ2) is 10.7. The molecule has 0 aromatic heterocycles. The number of hydrogen-bond acceptors (Lipinski definition) is 5. The minimum atomic E-state index is -0.377. The number of ether oxygens (including phenoxy) is 2. The molecule has 148 valence electrons. The van der Waals surface area contributed by atoms with Crippen LogP contribution in [0.5, 0.6) is 5.75 Å². The standard InChI is InChI=1S/C23H26O4S/c1-5-26-22(25)15-27-23-16(2)13-18(14-17(23)3)7-6-8-21(24)19-9-11-20(28-4)12-10-19/h6,8-14H,5,7,15H2,1-4H3/b8-6+. The summed E-state index contributed by atoms with van der Waals surface area (Å²) in [6, 6.07) is 11.6. The number of ketones is 1. The van der Waals surface area contributed by atoms with Crippen LogP contribution >= 0.6 is 11.8 Å². The number of carbonyl (C=O) groups excluding carboxylic acids is 2. The normalized spacial score (nSPS) is 10.9. The van der Waals surface area contributed by atoms with Gasteiger partial charge in [-0.2, -0.15) is 0 Å². The molecule has 2 aromatic carbocycles. The molecule has 0 aliphatic rings. The molecule has 5 heteroatoms. The summed E-state index contributed by atoms with van der Waals surface area (Å²) in [5.74, 6) is 0.318. The van der Waals surface area contributed by atoms with Crippen LogP contribution in [0.2, 0.25) is 0 Å². The summed E-state index contributed by atoms with van der Waals surface area (Å²) in [6.45, 7) is 5.89. The molecular weight excluding hydrogens is 372 g/mol. The summed E-state index contributed by atoms with van der Waals surface area (Å²) in [5.41, 5.74) is 3.67. The van der Waals surface area contributed by atoms with Crippen molar-refractivity contribution < 1.29 is 19.1 Å². The predicted molar refractivity (Wildman–Crippen MR) is 113 cm³/mol. The average molecular weight is 399 g/mol. The molecule has 2 rings (SSSR count). The van der Waals surface area contributed by atoms with E-state index >= 15 is 0 Å². The molecule has 0 fully saturated rings. The summed E-state index contributed by atoms with van der Waals surface area (Å²) < 4.78 is 10.5. The van der Waals surface area contributed by atoms with E-state index in [4.69, 9.17) is 9.47 Å². The van der Waals surface area contributed by atoms with Gasteiger partial charge in [-0.25, -0.2) is 4.79 Å². The highest BCUT2D eigenvalue weighted by Gasteiger charge is 2.09. The minimum Gasteiger partial charge on any atom is -0.481 e. The molecule has 2 aromatic rings. The lowest BCUT2D eigenvalue weighted by molar-refractivity contribution is -0.145. The lowest BCUT2D eigenvalue weighted by atomic mass is 10.0. The minimum absolute atomic E-state index is 0.00418. The lowest BCUT2D eigenvalue weighted by Crippen LogP contribution is -2.15. The molecule has 0 unspecified atom stereocenters. The van der Waals surface area contributed by atoms with Crippen molar-refractivity contribution in [1.82, 2.24) is 0 Å². The predicted octanol–water partition coefficient (Wildman–Crippen LogP) is 4.95. The van der Waals surface area contributed by atoms with Crippen LogP contribution < -0.4 is 4.74 Å². The average Bonchev–Trinajstić information content (AvgIpc) is 2.67. The highest BCUT2D eigenvalue weighted by molar-refractivity contribution is 7.98. The Morgan fingerprint density at radius 2 is 1.71 bits per heavy atom. The van der Waals surface area contributed by atoms with Gasteiger partial charge in [0, 0.05) is 10.5 Å². The van der Waals surface area contributed by atoms with Crippen LogP contribution in [0.15, 0.2) is 53.4 Å². The SMILES string of the molecule is CCOC(=O)COc1c(C)cc(C/C=C/C(=O)c2ccc(SC)cc2)cc1C. The molecule has 0 heterocycles. The van der Waals surface area contributed by atoms with Crippen molar-refractivity contribution in [1.29, 1.82) is 0 Å². The highest BCUT2D eigenvalue weighted by Crippen LogP contribution is 2.25. The van der Waals surface area contributed by atoms with E-state index in [0.717, 1.165) is 21.6 Å². The lowest BCUT2D eigenvalue weighted by Gasteiger charge is -2.13. The third kappa shape index (κ3) is 6.27. The van der Waals surface area contributed by atoms with Crippen LogP contribution in [0.4, 0.5) is 0 Å². The summed E-state index contributed by atoms with van der Waals surface area (Å²) in [5, 5.41) is 0. The van der Waals surface area contributed by atoms with E-state index in [1.165, 1.54) is 0 Å². The largest absolute Gasteiger partial charge is 0.481 e. The quantitative estimate of drug-likeness (QED) is 0.259. The number of allylic oxidation sites excluding steroid dienone is 2. The maximum absolute atomic E-state index is 12.3. The van der Waals surface area contributed by atoms with Gasteiger partial charge in [0.2, 0.25) is 0 Å². The molecule has 0 amide bonds. The molecule has 4 nitrogen and oxygen atoms in total. The second-order valence-corrected chi connectivity index (χ2v) is 7.23. The van der Waals surface area contributed by atoms with E-state index in [9.17, 15) is 9.59 Å². The Balaban J connectivity index is 1.99. The zero-order chi connectivity index (χ0) is 20.5. The van der Waals surface area contributed by atoms with Gasteiger partial charge >= 0.3 is 5.97 Å². The number of carbonyl (C=O) groups is 2. The number of esters is 1. The summed E-state index contributed by atoms with van der Waals surface area (Å²) >= 11 is 1.65. The summed E-state index contributed by atoms with van der Waals surface area (Å²) in [7, 11) is 0. The molecule has 28 heavy (non-hydrogen) atoms. The van der Waals surface area contributed by atoms with E-state index in [1.54, 1.807) is 24.8 Å². The van der Waals surface area contributed by atoms with Gasteiger partial charge < -0.3 is 9.47 Å². The van der Waals surface area contributed by atoms with Crippen LogP contribution in [-0.2, 0) is 16.0 Å². The maximum atomic E-state index is 12.3.